The molecule has 1 amide bonds. The van der Waals surface area contributed by atoms with Gasteiger partial charge in [-0.05, 0) is 49.6 Å². The van der Waals surface area contributed by atoms with Gasteiger partial charge in [0.05, 0.1) is 34.2 Å². The average Bonchev–Trinajstić information content (AvgIpc) is 3.40. The number of amides is 1. The first-order valence-corrected chi connectivity index (χ1v) is 11.7. The van der Waals surface area contributed by atoms with Crippen molar-refractivity contribution in [1.82, 2.24) is 24.2 Å². The summed E-state index contributed by atoms with van der Waals surface area (Å²) in [7, 11) is 2.02. The third kappa shape index (κ3) is 3.93. The van der Waals surface area contributed by atoms with Crippen LogP contribution in [-0.2, 0) is 13.5 Å². The van der Waals surface area contributed by atoms with Crippen molar-refractivity contribution in [3.05, 3.63) is 66.0 Å². The minimum atomic E-state index is 0.0304. The van der Waals surface area contributed by atoms with Crippen LogP contribution in [0.4, 0.5) is 0 Å². The fourth-order valence-electron chi connectivity index (χ4n) is 4.78. The molecular weight excluding hydrogens is 412 g/mol. The van der Waals surface area contributed by atoms with Gasteiger partial charge >= 0.3 is 0 Å². The molecule has 2 N–H and O–H groups in total. The molecule has 1 fully saturated rings. The van der Waals surface area contributed by atoms with Gasteiger partial charge in [-0.15, -0.1) is 0 Å². The van der Waals surface area contributed by atoms with Crippen LogP contribution in [0.1, 0.15) is 42.2 Å². The Morgan fingerprint density at radius 2 is 2.00 bits per heavy atom. The summed E-state index contributed by atoms with van der Waals surface area (Å²) in [5.41, 5.74) is 11.8. The number of aromatic nitrogens is 4. The van der Waals surface area contributed by atoms with Gasteiger partial charge < -0.3 is 15.2 Å². The standard InChI is InChI=1S/C26H30N6O/c1-3-8-23-21(16-28-32(23)20-10-5-4-6-11-20)25-29-22-15-18(12-13-24(22)30(25)2)26(33)31-14-7-9-19(27)17-31/h4-6,10-13,15-16,19H,3,7-9,14,17,27H2,1-2H3/t19-/m1/s1. The molecule has 1 aliphatic rings. The lowest BCUT2D eigenvalue weighted by molar-refractivity contribution is 0.0709. The molecule has 2 aromatic heterocycles. The molecule has 1 saturated heterocycles. The lowest BCUT2D eigenvalue weighted by Crippen LogP contribution is -2.45. The zero-order valence-corrected chi connectivity index (χ0v) is 19.2. The summed E-state index contributed by atoms with van der Waals surface area (Å²) in [5.74, 6) is 0.892. The Balaban J connectivity index is 1.54. The number of hydrogen-bond donors (Lipinski definition) is 1. The van der Waals surface area contributed by atoms with Crippen LogP contribution in [0.15, 0.2) is 54.7 Å². The smallest absolute Gasteiger partial charge is 0.253 e. The predicted molar refractivity (Wildman–Crippen MR) is 130 cm³/mol. The summed E-state index contributed by atoms with van der Waals surface area (Å²) in [6.07, 6.45) is 5.73. The first kappa shape index (κ1) is 21.4. The first-order chi connectivity index (χ1) is 16.1. The Kier molecular flexibility index (Phi) is 5.72. The second-order valence-corrected chi connectivity index (χ2v) is 8.85. The van der Waals surface area contributed by atoms with E-state index in [1.165, 1.54) is 0 Å². The number of carbonyl (C=O) groups excluding carboxylic acids is 1. The Labute approximate surface area is 193 Å². The maximum atomic E-state index is 13.1. The van der Waals surface area contributed by atoms with Crippen LogP contribution in [0.5, 0.6) is 0 Å². The van der Waals surface area contributed by atoms with Crippen LogP contribution < -0.4 is 5.73 Å². The number of hydrogen-bond acceptors (Lipinski definition) is 4. The maximum Gasteiger partial charge on any atom is 0.253 e. The molecule has 0 unspecified atom stereocenters. The van der Waals surface area contributed by atoms with Crippen molar-refractivity contribution in [1.29, 1.82) is 0 Å². The van der Waals surface area contributed by atoms with E-state index in [9.17, 15) is 4.79 Å². The number of imidazole rings is 1. The molecule has 33 heavy (non-hydrogen) atoms. The van der Waals surface area contributed by atoms with Gasteiger partial charge in [-0.3, -0.25) is 4.79 Å². The van der Waals surface area contributed by atoms with Crippen LogP contribution in [0, 0.1) is 0 Å². The Bertz CT molecular complexity index is 1290. The van der Waals surface area contributed by atoms with E-state index in [0.29, 0.717) is 12.1 Å². The van der Waals surface area contributed by atoms with Gasteiger partial charge in [0.2, 0.25) is 0 Å². The van der Waals surface area contributed by atoms with Gasteiger partial charge in [0.1, 0.15) is 5.82 Å². The number of rotatable bonds is 5. The number of benzene rings is 2. The van der Waals surface area contributed by atoms with Gasteiger partial charge in [-0.2, -0.15) is 5.10 Å². The van der Waals surface area contributed by atoms with Crippen LogP contribution in [-0.4, -0.2) is 49.3 Å². The largest absolute Gasteiger partial charge is 0.337 e. The summed E-state index contributed by atoms with van der Waals surface area (Å²) in [6, 6.07) is 16.0. The predicted octanol–water partition coefficient (Wildman–Crippen LogP) is 3.94. The molecule has 7 heteroatoms. The van der Waals surface area contributed by atoms with Gasteiger partial charge in [-0.1, -0.05) is 31.5 Å². The van der Waals surface area contributed by atoms with Crippen molar-refractivity contribution in [3.8, 4) is 17.1 Å². The Morgan fingerprint density at radius 3 is 2.76 bits per heavy atom. The summed E-state index contributed by atoms with van der Waals surface area (Å²) in [6.45, 7) is 3.55. The van der Waals surface area contributed by atoms with E-state index in [4.69, 9.17) is 15.8 Å². The molecule has 2 aromatic carbocycles. The second kappa shape index (κ2) is 8.83. The van der Waals surface area contributed by atoms with Crippen LogP contribution in [0.25, 0.3) is 28.1 Å². The summed E-state index contributed by atoms with van der Waals surface area (Å²) in [4.78, 5) is 19.9. The summed E-state index contributed by atoms with van der Waals surface area (Å²) < 4.78 is 4.10. The molecular formula is C26H30N6O. The monoisotopic (exact) mass is 442 g/mol. The molecule has 3 heterocycles. The summed E-state index contributed by atoms with van der Waals surface area (Å²) >= 11 is 0. The SMILES string of the molecule is CCCc1c(-c2nc3cc(C(=O)N4CCC[C@@H](N)C4)ccc3n2C)cnn1-c1ccccc1. The third-order valence-electron chi connectivity index (χ3n) is 6.47. The fraction of sp³-hybridized carbons (Fsp3) is 0.346. The molecule has 0 radical (unpaired) electrons. The van der Waals surface area contributed by atoms with Crippen molar-refractivity contribution in [2.75, 3.05) is 13.1 Å². The highest BCUT2D eigenvalue weighted by Gasteiger charge is 2.24. The van der Waals surface area contributed by atoms with Crippen LogP contribution >= 0.6 is 0 Å². The van der Waals surface area contributed by atoms with Crippen LogP contribution in [0.2, 0.25) is 0 Å². The molecule has 170 valence electrons. The number of piperidine rings is 1. The van der Waals surface area contributed by atoms with Crippen molar-refractivity contribution >= 4 is 16.9 Å². The Morgan fingerprint density at radius 1 is 1.18 bits per heavy atom. The van der Waals surface area contributed by atoms with E-state index in [1.807, 2.05) is 59.2 Å². The number of carbonyl (C=O) groups is 1. The molecule has 4 aromatic rings. The topological polar surface area (TPSA) is 82.0 Å². The van der Waals surface area contributed by atoms with E-state index >= 15 is 0 Å². The number of nitrogens with two attached hydrogens (primary N) is 1. The second-order valence-electron chi connectivity index (χ2n) is 8.85. The highest BCUT2D eigenvalue weighted by molar-refractivity contribution is 5.98. The number of aryl methyl sites for hydroxylation is 1. The van der Waals surface area contributed by atoms with E-state index in [0.717, 1.165) is 66.0 Å². The van der Waals surface area contributed by atoms with Crippen molar-refractivity contribution < 1.29 is 4.79 Å². The first-order valence-electron chi connectivity index (χ1n) is 11.7. The molecule has 7 nitrogen and oxygen atoms in total. The minimum absolute atomic E-state index is 0.0304. The molecule has 1 aliphatic heterocycles. The van der Waals surface area contributed by atoms with Crippen molar-refractivity contribution in [2.24, 2.45) is 12.8 Å². The number of nitrogens with zero attached hydrogens (tertiary/aromatic N) is 5. The third-order valence-corrected chi connectivity index (χ3v) is 6.47. The molecule has 1 atom stereocenters. The van der Waals surface area contributed by atoms with Gasteiger partial charge in [0.15, 0.2) is 0 Å². The van der Waals surface area contributed by atoms with E-state index in [-0.39, 0.29) is 11.9 Å². The molecule has 0 saturated carbocycles. The lowest BCUT2D eigenvalue weighted by Gasteiger charge is -2.30. The molecule has 0 aliphatic carbocycles. The number of fused-ring (bicyclic) bond motifs is 1. The van der Waals surface area contributed by atoms with E-state index < -0.39 is 0 Å². The zero-order chi connectivity index (χ0) is 22.9. The van der Waals surface area contributed by atoms with Gasteiger partial charge in [0, 0.05) is 31.7 Å². The van der Waals surface area contributed by atoms with Gasteiger partial charge in [0.25, 0.3) is 5.91 Å². The lowest BCUT2D eigenvalue weighted by atomic mass is 10.1. The quantitative estimate of drug-likeness (QED) is 0.508. The fourth-order valence-corrected chi connectivity index (χ4v) is 4.78. The molecule has 0 spiro atoms. The number of para-hydroxylation sites is 1. The highest BCUT2D eigenvalue weighted by Crippen LogP contribution is 2.29. The van der Waals surface area contributed by atoms with E-state index in [1.54, 1.807) is 0 Å². The van der Waals surface area contributed by atoms with Gasteiger partial charge in [-0.25, -0.2) is 9.67 Å². The van der Waals surface area contributed by atoms with E-state index in [2.05, 4.69) is 23.6 Å². The zero-order valence-electron chi connectivity index (χ0n) is 19.2. The molecule has 0 bridgehead atoms. The Hall–Kier alpha value is -3.45. The van der Waals surface area contributed by atoms with Crippen molar-refractivity contribution in [2.45, 2.75) is 38.6 Å². The highest BCUT2D eigenvalue weighted by atomic mass is 16.2. The van der Waals surface area contributed by atoms with Crippen LogP contribution in [0.3, 0.4) is 0 Å². The minimum Gasteiger partial charge on any atom is -0.337 e. The normalized spacial score (nSPS) is 16.5. The molecule has 5 rings (SSSR count). The van der Waals surface area contributed by atoms with Crippen molar-refractivity contribution in [3.63, 3.8) is 0 Å². The number of likely N-dealkylation sites (tertiary alicyclic amines) is 1. The summed E-state index contributed by atoms with van der Waals surface area (Å²) in [5, 5.41) is 4.70. The maximum absolute atomic E-state index is 13.1. The average molecular weight is 443 g/mol.